The van der Waals surface area contributed by atoms with E-state index in [9.17, 15) is 10.1 Å². The smallest absolute Gasteiger partial charge is 0.358 e. The summed E-state index contributed by atoms with van der Waals surface area (Å²) in [7, 11) is 0. The van der Waals surface area contributed by atoms with Crippen LogP contribution in [0.1, 0.15) is 5.82 Å². The van der Waals surface area contributed by atoms with Crippen molar-refractivity contribution in [2.45, 2.75) is 6.92 Å². The predicted octanol–water partition coefficient (Wildman–Crippen LogP) is 3.76. The molecule has 0 aliphatic heterocycles. The zero-order chi connectivity index (χ0) is 16.7. The molecule has 0 aliphatic carbocycles. The number of nitrogens with zero attached hydrogens (tertiary/aromatic N) is 5. The van der Waals surface area contributed by atoms with Gasteiger partial charge in [-0.1, -0.05) is 30.3 Å². The maximum atomic E-state index is 10.9. The van der Waals surface area contributed by atoms with Crippen LogP contribution in [-0.2, 0) is 0 Å². The Morgan fingerprint density at radius 2 is 1.96 bits per heavy atom. The number of aromatic nitrogens is 4. The lowest BCUT2D eigenvalue weighted by molar-refractivity contribution is -0.389. The van der Waals surface area contributed by atoms with E-state index in [1.165, 1.54) is 10.7 Å². The Morgan fingerprint density at radius 3 is 2.67 bits per heavy atom. The fourth-order valence-corrected chi connectivity index (χ4v) is 3.54. The molecular weight excluding hydrogens is 326 g/mol. The van der Waals surface area contributed by atoms with Gasteiger partial charge in [0.1, 0.15) is 10.7 Å². The number of thiophene rings is 1. The summed E-state index contributed by atoms with van der Waals surface area (Å²) in [5.41, 5.74) is 1.09. The summed E-state index contributed by atoms with van der Waals surface area (Å²) in [5.74, 6) is 0.930. The predicted molar refractivity (Wildman–Crippen MR) is 91.4 cm³/mol. The summed E-state index contributed by atoms with van der Waals surface area (Å²) < 4.78 is 1.43. The fraction of sp³-hybridized carbons (Fsp3) is 0.0625. The van der Waals surface area contributed by atoms with Crippen molar-refractivity contribution in [1.82, 2.24) is 19.7 Å². The molecule has 8 heteroatoms. The van der Waals surface area contributed by atoms with Crippen LogP contribution in [0.4, 0.5) is 5.82 Å². The zero-order valence-corrected chi connectivity index (χ0v) is 13.4. The quantitative estimate of drug-likeness (QED) is 0.419. The summed E-state index contributed by atoms with van der Waals surface area (Å²) in [6, 6.07) is 13.3. The molecule has 0 bridgehead atoms. The number of fused-ring (bicyclic) bond motifs is 1. The van der Waals surface area contributed by atoms with E-state index < -0.39 is 4.92 Å². The molecule has 0 saturated heterocycles. The van der Waals surface area contributed by atoms with Crippen molar-refractivity contribution in [2.24, 2.45) is 0 Å². The molecule has 0 unspecified atom stereocenters. The molecule has 3 aromatic heterocycles. The van der Waals surface area contributed by atoms with Gasteiger partial charge < -0.3 is 10.1 Å². The van der Waals surface area contributed by atoms with E-state index in [1.54, 1.807) is 24.5 Å². The minimum Gasteiger partial charge on any atom is -0.358 e. The average Bonchev–Trinajstić information content (AvgIpc) is 3.22. The SMILES string of the molecule is Cc1nc(-n2ccc([N+](=O)[O-])n2)c2cc(-c3ccccc3)sc2n1. The lowest BCUT2D eigenvalue weighted by Crippen LogP contribution is -2.02. The van der Waals surface area contributed by atoms with Gasteiger partial charge in [0, 0.05) is 4.88 Å². The lowest BCUT2D eigenvalue weighted by Gasteiger charge is -1.99. The van der Waals surface area contributed by atoms with Crippen LogP contribution in [0.2, 0.25) is 0 Å². The summed E-state index contributed by atoms with van der Waals surface area (Å²) in [6.45, 7) is 1.79. The van der Waals surface area contributed by atoms with Crippen LogP contribution >= 0.6 is 11.3 Å². The first-order valence-corrected chi connectivity index (χ1v) is 7.97. The van der Waals surface area contributed by atoms with E-state index >= 15 is 0 Å². The van der Waals surface area contributed by atoms with E-state index in [4.69, 9.17) is 0 Å². The minimum absolute atomic E-state index is 0.210. The molecule has 4 rings (SSSR count). The molecule has 1 aromatic carbocycles. The number of hydrogen-bond donors (Lipinski definition) is 0. The first-order valence-electron chi connectivity index (χ1n) is 7.16. The standard InChI is InChI=1S/C16H11N5O2S/c1-10-17-15(20-8-7-14(19-20)21(22)23)12-9-13(24-16(12)18-10)11-5-3-2-4-6-11/h2-9H,1H3. The van der Waals surface area contributed by atoms with E-state index in [-0.39, 0.29) is 5.82 Å². The van der Waals surface area contributed by atoms with Crippen molar-refractivity contribution < 1.29 is 4.92 Å². The Morgan fingerprint density at radius 1 is 1.17 bits per heavy atom. The van der Waals surface area contributed by atoms with Gasteiger partial charge in [0.2, 0.25) is 0 Å². The third kappa shape index (κ3) is 2.42. The summed E-state index contributed by atoms with van der Waals surface area (Å²) in [5, 5.41) is 15.7. The molecular formula is C16H11N5O2S. The number of benzene rings is 1. The Labute approximate surface area is 140 Å². The van der Waals surface area contributed by atoms with Gasteiger partial charge in [-0.05, 0) is 23.5 Å². The average molecular weight is 337 g/mol. The minimum atomic E-state index is -0.523. The molecule has 0 atom stereocenters. The van der Waals surface area contributed by atoms with Crippen molar-refractivity contribution in [3.05, 3.63) is 64.6 Å². The third-order valence-corrected chi connectivity index (χ3v) is 4.60. The Kier molecular flexibility index (Phi) is 3.31. The van der Waals surface area contributed by atoms with Crippen molar-refractivity contribution in [3.63, 3.8) is 0 Å². The van der Waals surface area contributed by atoms with Crippen molar-refractivity contribution in [3.8, 4) is 16.3 Å². The topological polar surface area (TPSA) is 86.7 Å². The van der Waals surface area contributed by atoms with Gasteiger partial charge in [0.25, 0.3) is 0 Å². The highest BCUT2D eigenvalue weighted by Crippen LogP contribution is 2.34. The second kappa shape index (κ2) is 5.50. The Bertz CT molecular complexity index is 1050. The van der Waals surface area contributed by atoms with Crippen LogP contribution in [0.15, 0.2) is 48.7 Å². The maximum Gasteiger partial charge on any atom is 0.390 e. The van der Waals surface area contributed by atoms with E-state index in [0.717, 1.165) is 20.7 Å². The van der Waals surface area contributed by atoms with Gasteiger partial charge >= 0.3 is 5.82 Å². The van der Waals surface area contributed by atoms with Crippen LogP contribution in [0.5, 0.6) is 0 Å². The number of aryl methyl sites for hydroxylation is 1. The molecule has 0 amide bonds. The molecule has 0 saturated carbocycles. The van der Waals surface area contributed by atoms with Crippen LogP contribution in [0.3, 0.4) is 0 Å². The molecule has 0 fully saturated rings. The number of nitro groups is 1. The summed E-state index contributed by atoms with van der Waals surface area (Å²) in [6.07, 6.45) is 1.54. The van der Waals surface area contributed by atoms with Crippen LogP contribution in [0.25, 0.3) is 26.5 Å². The van der Waals surface area contributed by atoms with Crippen molar-refractivity contribution in [1.29, 1.82) is 0 Å². The normalized spacial score (nSPS) is 11.0. The van der Waals surface area contributed by atoms with Crippen LogP contribution < -0.4 is 0 Å². The largest absolute Gasteiger partial charge is 0.390 e. The van der Waals surface area contributed by atoms with Gasteiger partial charge in [0.15, 0.2) is 5.82 Å². The van der Waals surface area contributed by atoms with E-state index in [0.29, 0.717) is 11.6 Å². The van der Waals surface area contributed by atoms with Crippen LogP contribution in [0, 0.1) is 17.0 Å². The number of hydrogen-bond acceptors (Lipinski definition) is 6. The molecule has 118 valence electrons. The molecule has 0 N–H and O–H groups in total. The van der Waals surface area contributed by atoms with E-state index in [1.807, 2.05) is 36.4 Å². The van der Waals surface area contributed by atoms with E-state index in [2.05, 4.69) is 15.1 Å². The molecule has 7 nitrogen and oxygen atoms in total. The first-order chi connectivity index (χ1) is 11.6. The van der Waals surface area contributed by atoms with Gasteiger partial charge in [-0.2, -0.15) is 0 Å². The molecule has 0 aliphatic rings. The third-order valence-electron chi connectivity index (χ3n) is 3.52. The van der Waals surface area contributed by atoms with Gasteiger partial charge in [-0.25, -0.2) is 9.97 Å². The molecule has 0 spiro atoms. The second-order valence-electron chi connectivity index (χ2n) is 5.17. The molecule has 24 heavy (non-hydrogen) atoms. The molecule has 0 radical (unpaired) electrons. The van der Waals surface area contributed by atoms with Gasteiger partial charge in [0.05, 0.1) is 22.7 Å². The molecule has 3 heterocycles. The fourth-order valence-electron chi connectivity index (χ4n) is 2.46. The Hall–Kier alpha value is -3.13. The van der Waals surface area contributed by atoms with Crippen LogP contribution in [-0.4, -0.2) is 24.7 Å². The zero-order valence-electron chi connectivity index (χ0n) is 12.6. The van der Waals surface area contributed by atoms with Crippen molar-refractivity contribution in [2.75, 3.05) is 0 Å². The maximum absolute atomic E-state index is 10.9. The molecule has 4 aromatic rings. The van der Waals surface area contributed by atoms with Gasteiger partial charge in [-0.15, -0.1) is 16.0 Å². The van der Waals surface area contributed by atoms with Gasteiger partial charge in [-0.3, -0.25) is 0 Å². The highest BCUT2D eigenvalue weighted by molar-refractivity contribution is 7.21. The lowest BCUT2D eigenvalue weighted by atomic mass is 10.2. The monoisotopic (exact) mass is 337 g/mol. The highest BCUT2D eigenvalue weighted by atomic mass is 32.1. The Balaban J connectivity index is 1.91. The summed E-state index contributed by atoms with van der Waals surface area (Å²) >= 11 is 1.56. The first kappa shape index (κ1) is 14.5. The highest BCUT2D eigenvalue weighted by Gasteiger charge is 2.18. The number of rotatable bonds is 3. The second-order valence-corrected chi connectivity index (χ2v) is 6.20. The van der Waals surface area contributed by atoms with Crippen molar-refractivity contribution >= 4 is 27.4 Å². The summed E-state index contributed by atoms with van der Waals surface area (Å²) in [4.78, 5) is 21.1.